The van der Waals surface area contributed by atoms with Crippen LogP contribution >= 0.6 is 12.2 Å². The smallest absolute Gasteiger partial charge is 0.221 e. The lowest BCUT2D eigenvalue weighted by Gasteiger charge is -2.08. The number of hydrogen-bond donors (Lipinski definition) is 2. The van der Waals surface area contributed by atoms with Crippen molar-refractivity contribution in [3.05, 3.63) is 22.6 Å². The standard InChI is InChI=1S/C14H20N4OS/c1-9(2)7-15-12(19)4-5-18-13-11(17-14(18)20)6-10(3)8-16-13/h6,8-9H,4-5,7H2,1-3H3,(H,15,19)(H,17,20). The number of H-pyrrole nitrogens is 1. The van der Waals surface area contributed by atoms with Crippen LogP contribution in [0.25, 0.3) is 11.2 Å². The zero-order valence-corrected chi connectivity index (χ0v) is 12.9. The van der Waals surface area contributed by atoms with Crippen molar-refractivity contribution in [1.82, 2.24) is 19.9 Å². The Balaban J connectivity index is 2.08. The van der Waals surface area contributed by atoms with Crippen molar-refractivity contribution >= 4 is 29.3 Å². The van der Waals surface area contributed by atoms with Gasteiger partial charge in [-0.15, -0.1) is 0 Å². The molecule has 108 valence electrons. The second-order valence-electron chi connectivity index (χ2n) is 5.41. The van der Waals surface area contributed by atoms with E-state index >= 15 is 0 Å². The first-order valence-corrected chi connectivity index (χ1v) is 7.20. The third-order valence-electron chi connectivity index (χ3n) is 3.02. The van der Waals surface area contributed by atoms with Crippen molar-refractivity contribution in [2.45, 2.75) is 33.7 Å². The molecule has 2 N–H and O–H groups in total. The molecule has 0 aliphatic heterocycles. The van der Waals surface area contributed by atoms with Crippen molar-refractivity contribution in [2.75, 3.05) is 6.54 Å². The summed E-state index contributed by atoms with van der Waals surface area (Å²) in [5.74, 6) is 0.501. The summed E-state index contributed by atoms with van der Waals surface area (Å²) in [7, 11) is 0. The van der Waals surface area contributed by atoms with E-state index in [1.165, 1.54) is 0 Å². The van der Waals surface area contributed by atoms with Crippen LogP contribution in [0.5, 0.6) is 0 Å². The summed E-state index contributed by atoms with van der Waals surface area (Å²) in [5.41, 5.74) is 2.80. The molecule has 0 radical (unpaired) electrons. The third kappa shape index (κ3) is 3.45. The first kappa shape index (κ1) is 14.7. The highest BCUT2D eigenvalue weighted by Gasteiger charge is 2.08. The number of pyridine rings is 1. The van der Waals surface area contributed by atoms with Crippen molar-refractivity contribution in [2.24, 2.45) is 5.92 Å². The molecule has 0 bridgehead atoms. The number of aromatic nitrogens is 3. The summed E-state index contributed by atoms with van der Waals surface area (Å²) >= 11 is 5.29. The first-order chi connectivity index (χ1) is 9.47. The van der Waals surface area contributed by atoms with Gasteiger partial charge in [-0.05, 0) is 36.7 Å². The van der Waals surface area contributed by atoms with Gasteiger partial charge in [0.25, 0.3) is 0 Å². The average Bonchev–Trinajstić information content (AvgIpc) is 2.68. The maximum atomic E-state index is 11.8. The van der Waals surface area contributed by atoms with E-state index in [1.807, 2.05) is 17.6 Å². The molecule has 2 aromatic rings. The predicted molar refractivity (Wildman–Crippen MR) is 82.1 cm³/mol. The highest BCUT2D eigenvalue weighted by atomic mass is 32.1. The average molecular weight is 292 g/mol. The normalized spacial score (nSPS) is 11.2. The van der Waals surface area contributed by atoms with Crippen molar-refractivity contribution in [3.8, 4) is 0 Å². The number of carbonyl (C=O) groups is 1. The summed E-state index contributed by atoms with van der Waals surface area (Å²) in [5, 5.41) is 2.90. The number of rotatable bonds is 5. The van der Waals surface area contributed by atoms with Crippen LogP contribution in [-0.4, -0.2) is 27.0 Å². The van der Waals surface area contributed by atoms with Gasteiger partial charge in [-0.2, -0.15) is 0 Å². The van der Waals surface area contributed by atoms with E-state index in [0.29, 0.717) is 30.2 Å². The number of hydrogen-bond acceptors (Lipinski definition) is 3. The van der Waals surface area contributed by atoms with Crippen molar-refractivity contribution in [1.29, 1.82) is 0 Å². The molecule has 6 heteroatoms. The molecule has 0 unspecified atom stereocenters. The van der Waals surface area contributed by atoms with E-state index in [0.717, 1.165) is 16.7 Å². The van der Waals surface area contributed by atoms with Crippen LogP contribution in [0.4, 0.5) is 0 Å². The van der Waals surface area contributed by atoms with E-state index in [2.05, 4.69) is 29.1 Å². The van der Waals surface area contributed by atoms with Gasteiger partial charge in [0.15, 0.2) is 10.4 Å². The highest BCUT2D eigenvalue weighted by molar-refractivity contribution is 7.71. The zero-order valence-electron chi connectivity index (χ0n) is 12.1. The molecule has 0 aliphatic rings. The van der Waals surface area contributed by atoms with Crippen LogP contribution in [0.2, 0.25) is 0 Å². The molecule has 2 heterocycles. The minimum Gasteiger partial charge on any atom is -0.356 e. The molecule has 1 amide bonds. The second-order valence-corrected chi connectivity index (χ2v) is 5.80. The predicted octanol–water partition coefficient (Wildman–Crippen LogP) is 2.56. The van der Waals surface area contributed by atoms with E-state index in [1.54, 1.807) is 6.20 Å². The molecule has 0 saturated carbocycles. The van der Waals surface area contributed by atoms with Gasteiger partial charge in [0, 0.05) is 25.7 Å². The Morgan fingerprint density at radius 1 is 1.55 bits per heavy atom. The summed E-state index contributed by atoms with van der Waals surface area (Å²) in [6.07, 6.45) is 2.21. The van der Waals surface area contributed by atoms with Gasteiger partial charge < -0.3 is 14.9 Å². The van der Waals surface area contributed by atoms with Crippen LogP contribution in [0, 0.1) is 17.6 Å². The Bertz CT molecular complexity index is 671. The Morgan fingerprint density at radius 2 is 2.30 bits per heavy atom. The lowest BCUT2D eigenvalue weighted by Crippen LogP contribution is -2.28. The molecule has 0 aliphatic carbocycles. The van der Waals surface area contributed by atoms with E-state index in [9.17, 15) is 4.79 Å². The SMILES string of the molecule is Cc1cnc2c(c1)[nH]c(=S)n2CCC(=O)NCC(C)C. The fraction of sp³-hybridized carbons (Fsp3) is 0.500. The zero-order chi connectivity index (χ0) is 14.7. The van der Waals surface area contributed by atoms with Crippen LogP contribution < -0.4 is 5.32 Å². The number of amides is 1. The highest BCUT2D eigenvalue weighted by Crippen LogP contribution is 2.13. The Hall–Kier alpha value is -1.69. The minimum atomic E-state index is 0.0436. The number of aryl methyl sites for hydroxylation is 2. The van der Waals surface area contributed by atoms with Gasteiger partial charge in [0.05, 0.1) is 5.52 Å². The molecular weight excluding hydrogens is 272 g/mol. The van der Waals surface area contributed by atoms with Gasteiger partial charge in [-0.3, -0.25) is 4.79 Å². The van der Waals surface area contributed by atoms with Crippen molar-refractivity contribution in [3.63, 3.8) is 0 Å². The molecule has 2 aromatic heterocycles. The molecule has 20 heavy (non-hydrogen) atoms. The Labute approximate surface area is 123 Å². The summed E-state index contributed by atoms with van der Waals surface area (Å²) in [6, 6.07) is 2.01. The Morgan fingerprint density at radius 3 is 3.00 bits per heavy atom. The first-order valence-electron chi connectivity index (χ1n) is 6.79. The fourth-order valence-electron chi connectivity index (χ4n) is 1.98. The van der Waals surface area contributed by atoms with Crippen molar-refractivity contribution < 1.29 is 4.79 Å². The summed E-state index contributed by atoms with van der Waals surface area (Å²) in [6.45, 7) is 7.37. The van der Waals surface area contributed by atoms with Crippen LogP contribution in [-0.2, 0) is 11.3 Å². The molecule has 0 aromatic carbocycles. The van der Waals surface area contributed by atoms with Gasteiger partial charge in [-0.1, -0.05) is 13.8 Å². The van der Waals surface area contributed by atoms with Gasteiger partial charge in [0.2, 0.25) is 5.91 Å². The number of fused-ring (bicyclic) bond motifs is 1. The molecular formula is C14H20N4OS. The number of carbonyl (C=O) groups excluding carboxylic acids is 1. The quantitative estimate of drug-likeness (QED) is 0.833. The van der Waals surface area contributed by atoms with Gasteiger partial charge in [-0.25, -0.2) is 4.98 Å². The van der Waals surface area contributed by atoms with E-state index in [-0.39, 0.29) is 5.91 Å². The largest absolute Gasteiger partial charge is 0.356 e. The minimum absolute atomic E-state index is 0.0436. The molecule has 0 fully saturated rings. The lowest BCUT2D eigenvalue weighted by atomic mass is 10.2. The number of nitrogens with zero attached hydrogens (tertiary/aromatic N) is 2. The molecule has 2 rings (SSSR count). The molecule has 5 nitrogen and oxygen atoms in total. The van der Waals surface area contributed by atoms with Gasteiger partial charge in [0.1, 0.15) is 0 Å². The fourth-order valence-corrected chi connectivity index (χ4v) is 2.26. The Kier molecular flexibility index (Phi) is 4.54. The van der Waals surface area contributed by atoms with Crippen LogP contribution in [0.15, 0.2) is 12.3 Å². The number of aromatic amines is 1. The lowest BCUT2D eigenvalue weighted by molar-refractivity contribution is -0.121. The summed E-state index contributed by atoms with van der Waals surface area (Å²) < 4.78 is 2.48. The summed E-state index contributed by atoms with van der Waals surface area (Å²) in [4.78, 5) is 19.3. The molecule has 0 spiro atoms. The van der Waals surface area contributed by atoms with E-state index in [4.69, 9.17) is 12.2 Å². The van der Waals surface area contributed by atoms with Gasteiger partial charge >= 0.3 is 0 Å². The molecule has 0 saturated heterocycles. The topological polar surface area (TPSA) is 62.7 Å². The molecule has 0 atom stereocenters. The second kappa shape index (κ2) is 6.17. The number of imidazole rings is 1. The number of nitrogens with one attached hydrogen (secondary N) is 2. The van der Waals surface area contributed by atoms with Crippen LogP contribution in [0.1, 0.15) is 25.8 Å². The third-order valence-corrected chi connectivity index (χ3v) is 3.34. The maximum absolute atomic E-state index is 11.8. The van der Waals surface area contributed by atoms with E-state index < -0.39 is 0 Å². The van der Waals surface area contributed by atoms with Crippen LogP contribution in [0.3, 0.4) is 0 Å². The monoisotopic (exact) mass is 292 g/mol. The maximum Gasteiger partial charge on any atom is 0.221 e.